The van der Waals surface area contributed by atoms with Crippen molar-refractivity contribution in [1.29, 1.82) is 5.26 Å². The second-order valence-corrected chi connectivity index (χ2v) is 12.4. The number of hydrogen-bond acceptors (Lipinski definition) is 6. The Labute approximate surface area is 220 Å². The lowest BCUT2D eigenvalue weighted by molar-refractivity contribution is -0.149. The quantitative estimate of drug-likeness (QED) is 0.516. The number of pyridine rings is 1. The summed E-state index contributed by atoms with van der Waals surface area (Å²) in [6.07, 6.45) is -0.119. The topological polar surface area (TPSA) is 124 Å². The number of rotatable bonds is 7. The first-order valence-corrected chi connectivity index (χ1v) is 12.9. The molecule has 0 aromatic carbocycles. The summed E-state index contributed by atoms with van der Waals surface area (Å²) < 4.78 is 4.95. The Kier molecular flexibility index (Phi) is 7.15. The third-order valence-corrected chi connectivity index (χ3v) is 8.22. The van der Waals surface area contributed by atoms with Crippen molar-refractivity contribution in [3.8, 4) is 11.9 Å². The van der Waals surface area contributed by atoms with Crippen LogP contribution in [0.2, 0.25) is 0 Å². The first kappa shape index (κ1) is 26.5. The van der Waals surface area contributed by atoms with Crippen LogP contribution in [0.5, 0.6) is 5.88 Å². The highest BCUT2D eigenvalue weighted by Gasteiger charge is 2.74. The van der Waals surface area contributed by atoms with E-state index in [0.717, 1.165) is 5.69 Å². The molecule has 3 aliphatic rings. The average Bonchev–Trinajstić information content (AvgIpc) is 3.15. The van der Waals surface area contributed by atoms with Gasteiger partial charge in [-0.3, -0.25) is 14.4 Å². The van der Waals surface area contributed by atoms with Crippen molar-refractivity contribution in [2.45, 2.75) is 63.1 Å². The molecule has 1 aliphatic carbocycles. The fourth-order valence-electron chi connectivity index (χ4n) is 5.14. The van der Waals surface area contributed by atoms with E-state index in [4.69, 9.17) is 27.9 Å². The van der Waals surface area contributed by atoms with E-state index in [1.54, 1.807) is 12.1 Å². The minimum absolute atomic E-state index is 0.125. The molecule has 9 nitrogen and oxygen atoms in total. The van der Waals surface area contributed by atoms with Crippen LogP contribution in [0.15, 0.2) is 18.2 Å². The van der Waals surface area contributed by atoms with Crippen molar-refractivity contribution < 1.29 is 19.1 Å². The largest absolute Gasteiger partial charge is 0.464 e. The lowest BCUT2D eigenvalue weighted by atomic mass is 9.87. The molecule has 6 atom stereocenters. The summed E-state index contributed by atoms with van der Waals surface area (Å²) in [5, 5.41) is 15.1. The maximum Gasteiger partial charge on any atom is 0.264 e. The van der Waals surface area contributed by atoms with E-state index in [-0.39, 0.29) is 36.6 Å². The van der Waals surface area contributed by atoms with Crippen molar-refractivity contribution in [3.05, 3.63) is 23.9 Å². The number of likely N-dealkylation sites (tertiary alicyclic amines) is 1. The van der Waals surface area contributed by atoms with Gasteiger partial charge in [0.05, 0.1) is 6.07 Å². The van der Waals surface area contributed by atoms with Crippen LogP contribution < -0.4 is 15.4 Å². The minimum Gasteiger partial charge on any atom is -0.464 e. The maximum absolute atomic E-state index is 13.8. The summed E-state index contributed by atoms with van der Waals surface area (Å²) in [6, 6.07) is 5.54. The SMILES string of the molecule is Cc1cccc(O[C@H](C(=O)N2C[C@H]3[C@@H]([C@H]2C(=O)N[C@H](C#N)C[C@@H]2CCNC2=O)C3(Cl)Cl)C(C)(C)C)n1. The number of nitrogens with zero attached hydrogens (tertiary/aromatic N) is 3. The number of carbonyl (C=O) groups excluding carboxylic acids is 3. The molecular weight excluding hydrogens is 505 g/mol. The molecule has 0 bridgehead atoms. The fraction of sp³-hybridized carbons (Fsp3) is 0.640. The summed E-state index contributed by atoms with van der Waals surface area (Å²) in [4.78, 5) is 45.1. The predicted molar refractivity (Wildman–Crippen MR) is 133 cm³/mol. The van der Waals surface area contributed by atoms with Gasteiger partial charge in [0, 0.05) is 48.0 Å². The van der Waals surface area contributed by atoms with Gasteiger partial charge < -0.3 is 20.3 Å². The van der Waals surface area contributed by atoms with Gasteiger partial charge in [-0.25, -0.2) is 4.98 Å². The summed E-state index contributed by atoms with van der Waals surface area (Å²) in [6.45, 7) is 8.22. The number of alkyl halides is 2. The number of hydrogen-bond donors (Lipinski definition) is 2. The number of aromatic nitrogens is 1. The van der Waals surface area contributed by atoms with Crippen molar-refractivity contribution in [2.24, 2.45) is 23.2 Å². The van der Waals surface area contributed by atoms with E-state index in [0.29, 0.717) is 18.8 Å². The van der Waals surface area contributed by atoms with E-state index in [1.165, 1.54) is 4.90 Å². The molecule has 1 saturated carbocycles. The minimum atomic E-state index is -1.12. The molecule has 0 radical (unpaired) electrons. The molecule has 3 heterocycles. The van der Waals surface area contributed by atoms with E-state index in [1.807, 2.05) is 33.8 Å². The molecule has 2 aliphatic heterocycles. The van der Waals surface area contributed by atoms with Gasteiger partial charge in [-0.15, -0.1) is 23.2 Å². The Morgan fingerprint density at radius 1 is 1.39 bits per heavy atom. The van der Waals surface area contributed by atoms with Crippen molar-refractivity contribution in [2.75, 3.05) is 13.1 Å². The van der Waals surface area contributed by atoms with E-state index < -0.39 is 39.8 Å². The number of amides is 3. The number of fused-ring (bicyclic) bond motifs is 1. The van der Waals surface area contributed by atoms with Crippen LogP contribution in [-0.2, 0) is 14.4 Å². The third kappa shape index (κ3) is 5.12. The Bertz CT molecular complexity index is 1100. The summed E-state index contributed by atoms with van der Waals surface area (Å²) >= 11 is 12.9. The number of carbonyl (C=O) groups is 3. The molecule has 194 valence electrons. The zero-order valence-electron chi connectivity index (χ0n) is 20.8. The highest BCUT2D eigenvalue weighted by atomic mass is 35.5. The van der Waals surface area contributed by atoms with Crippen molar-refractivity contribution >= 4 is 40.9 Å². The smallest absolute Gasteiger partial charge is 0.264 e. The van der Waals surface area contributed by atoms with Crippen LogP contribution in [0.3, 0.4) is 0 Å². The van der Waals surface area contributed by atoms with E-state index in [2.05, 4.69) is 21.7 Å². The number of nitriles is 1. The first-order valence-electron chi connectivity index (χ1n) is 12.1. The summed E-state index contributed by atoms with van der Waals surface area (Å²) in [7, 11) is 0. The molecule has 3 amide bonds. The van der Waals surface area contributed by atoms with Crippen LogP contribution >= 0.6 is 23.2 Å². The Balaban J connectivity index is 1.54. The standard InChI is InChI=1S/C25H31Cl2N5O4/c1-13-6-5-7-17(30-13)36-20(24(2,3)4)23(35)32-12-16-18(25(16,26)27)19(32)22(34)31-15(11-28)10-14-8-9-29-21(14)33/h5-7,14-16,18-20H,8-10,12H2,1-4H3,(H,29,33)(H,31,34)/t14-,15-,16-,18-,19-,20+/m0/s1. The lowest BCUT2D eigenvalue weighted by Gasteiger charge is -2.36. The molecule has 1 aromatic rings. The molecule has 4 rings (SSSR count). The number of nitrogens with one attached hydrogen (secondary N) is 2. The third-order valence-electron chi connectivity index (χ3n) is 7.15. The molecule has 36 heavy (non-hydrogen) atoms. The average molecular weight is 536 g/mol. The molecule has 0 spiro atoms. The molecule has 3 fully saturated rings. The molecule has 2 N–H and O–H groups in total. The van der Waals surface area contributed by atoms with E-state index >= 15 is 0 Å². The molecular formula is C25H31Cl2N5O4. The lowest BCUT2D eigenvalue weighted by Crippen LogP contribution is -2.57. The zero-order chi connectivity index (χ0) is 26.4. The number of halogens is 2. The maximum atomic E-state index is 13.8. The molecule has 0 unspecified atom stereocenters. The highest BCUT2D eigenvalue weighted by Crippen LogP contribution is 2.65. The van der Waals surface area contributed by atoms with Gasteiger partial charge in [0.15, 0.2) is 6.10 Å². The van der Waals surface area contributed by atoms with Gasteiger partial charge in [-0.05, 0) is 25.8 Å². The van der Waals surface area contributed by atoms with Gasteiger partial charge in [-0.1, -0.05) is 26.8 Å². The second-order valence-electron chi connectivity index (χ2n) is 10.9. The monoisotopic (exact) mass is 535 g/mol. The van der Waals surface area contributed by atoms with Crippen LogP contribution in [0.4, 0.5) is 0 Å². The van der Waals surface area contributed by atoms with Gasteiger partial charge in [0.1, 0.15) is 16.4 Å². The van der Waals surface area contributed by atoms with Crippen LogP contribution in [0, 0.1) is 41.4 Å². The van der Waals surface area contributed by atoms with Gasteiger partial charge in [-0.2, -0.15) is 5.26 Å². The summed E-state index contributed by atoms with van der Waals surface area (Å²) in [5.41, 5.74) is 0.139. The zero-order valence-corrected chi connectivity index (χ0v) is 22.3. The molecule has 11 heteroatoms. The normalized spacial score (nSPS) is 27.9. The Hall–Kier alpha value is -2.57. The van der Waals surface area contributed by atoms with E-state index in [9.17, 15) is 19.6 Å². The van der Waals surface area contributed by atoms with Crippen LogP contribution in [-0.4, -0.2) is 63.2 Å². The van der Waals surface area contributed by atoms with Crippen molar-refractivity contribution in [1.82, 2.24) is 20.5 Å². The molecule has 2 saturated heterocycles. The van der Waals surface area contributed by atoms with Gasteiger partial charge in [0.2, 0.25) is 17.7 Å². The second kappa shape index (κ2) is 9.71. The van der Waals surface area contributed by atoms with Crippen LogP contribution in [0.25, 0.3) is 0 Å². The van der Waals surface area contributed by atoms with Gasteiger partial charge >= 0.3 is 0 Å². The van der Waals surface area contributed by atoms with Gasteiger partial charge in [0.25, 0.3) is 5.91 Å². The predicted octanol–water partition coefficient (Wildman–Crippen LogP) is 2.35. The fourth-order valence-corrected chi connectivity index (χ4v) is 5.97. The summed E-state index contributed by atoms with van der Waals surface area (Å²) in [5.74, 6) is -1.75. The first-order chi connectivity index (χ1) is 16.8. The Morgan fingerprint density at radius 3 is 2.69 bits per heavy atom. The molecule has 1 aromatic heterocycles. The number of aryl methyl sites for hydroxylation is 1. The van der Waals surface area contributed by atoms with Crippen LogP contribution in [0.1, 0.15) is 39.3 Å². The number of piperidine rings is 1. The highest BCUT2D eigenvalue weighted by molar-refractivity contribution is 6.51. The number of ether oxygens (including phenoxy) is 1. The Morgan fingerprint density at radius 2 is 2.11 bits per heavy atom. The van der Waals surface area contributed by atoms with Crippen molar-refractivity contribution in [3.63, 3.8) is 0 Å².